The Morgan fingerprint density at radius 1 is 1.26 bits per heavy atom. The highest BCUT2D eigenvalue weighted by atomic mass is 79.9. The third kappa shape index (κ3) is 5.03. The molecule has 5 heteroatoms. The van der Waals surface area contributed by atoms with Gasteiger partial charge >= 0.3 is 5.97 Å². The third-order valence-electron chi connectivity index (χ3n) is 2.80. The number of alkyl halides is 1. The van der Waals surface area contributed by atoms with E-state index >= 15 is 0 Å². The molecule has 0 aliphatic carbocycles. The molecule has 0 saturated carbocycles. The summed E-state index contributed by atoms with van der Waals surface area (Å²) in [5.74, 6) is -0.284. The van der Waals surface area contributed by atoms with Gasteiger partial charge in [0.15, 0.2) is 0 Å². The van der Waals surface area contributed by atoms with Gasteiger partial charge in [0, 0.05) is 30.9 Å². The number of carbonyl (C=O) groups is 2. The molecule has 0 heterocycles. The molecule has 104 valence electrons. The van der Waals surface area contributed by atoms with E-state index in [0.717, 1.165) is 10.9 Å². The van der Waals surface area contributed by atoms with Crippen LogP contribution in [0.5, 0.6) is 0 Å². The summed E-state index contributed by atoms with van der Waals surface area (Å²) >= 11 is 3.36. The Balaban J connectivity index is 2.49. The molecule has 0 atom stereocenters. The number of hydrogen-bond acceptors (Lipinski definition) is 3. The van der Waals surface area contributed by atoms with E-state index in [4.69, 9.17) is 0 Å². The van der Waals surface area contributed by atoms with Gasteiger partial charge in [0.2, 0.25) is 0 Å². The summed E-state index contributed by atoms with van der Waals surface area (Å²) in [6.45, 7) is 0.536. The molecule has 19 heavy (non-hydrogen) atoms. The van der Waals surface area contributed by atoms with Crippen LogP contribution >= 0.6 is 15.9 Å². The molecule has 0 fully saturated rings. The monoisotopic (exact) mass is 327 g/mol. The first-order valence-electron chi connectivity index (χ1n) is 6.05. The molecule has 0 aliphatic rings. The second kappa shape index (κ2) is 7.94. The number of ether oxygens (including phenoxy) is 1. The molecule has 1 aromatic rings. The second-order valence-electron chi connectivity index (χ2n) is 4.24. The summed E-state index contributed by atoms with van der Waals surface area (Å²) in [6.07, 6.45) is 0.936. The van der Waals surface area contributed by atoms with Crippen molar-refractivity contribution in [2.75, 3.05) is 20.7 Å². The molecule has 0 aliphatic heterocycles. The van der Waals surface area contributed by atoms with E-state index in [1.54, 1.807) is 11.9 Å². The highest BCUT2D eigenvalue weighted by molar-refractivity contribution is 9.08. The van der Waals surface area contributed by atoms with E-state index in [1.165, 1.54) is 7.11 Å². The van der Waals surface area contributed by atoms with Gasteiger partial charge in [-0.05, 0) is 24.1 Å². The normalized spacial score (nSPS) is 10.1. The number of benzene rings is 1. The number of halogens is 1. The molecular formula is C14H18BrNO3. The van der Waals surface area contributed by atoms with Gasteiger partial charge in [0.05, 0.1) is 7.11 Å². The van der Waals surface area contributed by atoms with Crippen molar-refractivity contribution in [1.82, 2.24) is 4.90 Å². The van der Waals surface area contributed by atoms with Crippen LogP contribution in [0.1, 0.15) is 28.8 Å². The van der Waals surface area contributed by atoms with Crippen molar-refractivity contribution >= 4 is 27.8 Å². The van der Waals surface area contributed by atoms with Crippen LogP contribution in [0.25, 0.3) is 0 Å². The minimum absolute atomic E-state index is 0.0361. The molecule has 0 bridgehead atoms. The first kappa shape index (κ1) is 15.7. The SMILES string of the molecule is COC(=O)CCCN(C)C(=O)c1ccc(CBr)cc1. The lowest BCUT2D eigenvalue weighted by atomic mass is 10.1. The number of esters is 1. The molecule has 0 radical (unpaired) electrons. The van der Waals surface area contributed by atoms with E-state index in [0.29, 0.717) is 24.9 Å². The summed E-state index contributed by atoms with van der Waals surface area (Å²) in [6, 6.07) is 7.47. The average molecular weight is 328 g/mol. The lowest BCUT2D eigenvalue weighted by molar-refractivity contribution is -0.140. The van der Waals surface area contributed by atoms with E-state index in [-0.39, 0.29) is 11.9 Å². The number of methoxy groups -OCH3 is 1. The third-order valence-corrected chi connectivity index (χ3v) is 3.45. The van der Waals surface area contributed by atoms with Crippen LogP contribution in [0.3, 0.4) is 0 Å². The Labute approximate surface area is 121 Å². The lowest BCUT2D eigenvalue weighted by Gasteiger charge is -2.17. The van der Waals surface area contributed by atoms with Gasteiger partial charge in [0.1, 0.15) is 0 Å². The van der Waals surface area contributed by atoms with Crippen LogP contribution in [0.15, 0.2) is 24.3 Å². The number of rotatable bonds is 6. The highest BCUT2D eigenvalue weighted by Gasteiger charge is 2.11. The van der Waals surface area contributed by atoms with Crippen LogP contribution in [0.2, 0.25) is 0 Å². The number of carbonyl (C=O) groups excluding carboxylic acids is 2. The zero-order valence-electron chi connectivity index (χ0n) is 11.2. The smallest absolute Gasteiger partial charge is 0.305 e. The van der Waals surface area contributed by atoms with Gasteiger partial charge in [-0.1, -0.05) is 28.1 Å². The Hall–Kier alpha value is -1.36. The molecule has 0 N–H and O–H groups in total. The predicted molar refractivity (Wildman–Crippen MR) is 77.3 cm³/mol. The maximum absolute atomic E-state index is 12.1. The summed E-state index contributed by atoms with van der Waals surface area (Å²) in [5, 5.41) is 0.774. The predicted octanol–water partition coefficient (Wildman–Crippen LogP) is 2.61. The van der Waals surface area contributed by atoms with Gasteiger partial charge in [-0.3, -0.25) is 9.59 Å². The Morgan fingerprint density at radius 3 is 2.42 bits per heavy atom. The van der Waals surface area contributed by atoms with Crippen molar-refractivity contribution in [2.24, 2.45) is 0 Å². The fourth-order valence-electron chi connectivity index (χ4n) is 1.62. The van der Waals surface area contributed by atoms with Crippen molar-refractivity contribution in [1.29, 1.82) is 0 Å². The summed E-state index contributed by atoms with van der Waals surface area (Å²) in [4.78, 5) is 24.7. The van der Waals surface area contributed by atoms with Gasteiger partial charge in [-0.15, -0.1) is 0 Å². The molecule has 4 nitrogen and oxygen atoms in total. The van der Waals surface area contributed by atoms with Crippen LogP contribution in [0.4, 0.5) is 0 Å². The minimum atomic E-state index is -0.248. The topological polar surface area (TPSA) is 46.6 Å². The van der Waals surface area contributed by atoms with Crippen molar-refractivity contribution in [3.05, 3.63) is 35.4 Å². The first-order valence-corrected chi connectivity index (χ1v) is 7.17. The van der Waals surface area contributed by atoms with Gasteiger partial charge < -0.3 is 9.64 Å². The Morgan fingerprint density at radius 2 is 1.89 bits per heavy atom. The fraction of sp³-hybridized carbons (Fsp3) is 0.429. The van der Waals surface area contributed by atoms with Gasteiger partial charge in [-0.2, -0.15) is 0 Å². The Kier molecular flexibility index (Phi) is 6.56. The summed E-state index contributed by atoms with van der Waals surface area (Å²) in [7, 11) is 3.10. The van der Waals surface area contributed by atoms with Crippen molar-refractivity contribution in [2.45, 2.75) is 18.2 Å². The molecule has 0 saturated heterocycles. The first-order chi connectivity index (χ1) is 9.08. The standard InChI is InChI=1S/C14H18BrNO3/c1-16(9-3-4-13(17)19-2)14(18)12-7-5-11(10-15)6-8-12/h5-8H,3-4,9-10H2,1-2H3. The maximum Gasteiger partial charge on any atom is 0.305 e. The van der Waals surface area contributed by atoms with E-state index in [2.05, 4.69) is 20.7 Å². The number of amides is 1. The quantitative estimate of drug-likeness (QED) is 0.596. The van der Waals surface area contributed by atoms with Crippen LogP contribution in [-0.2, 0) is 14.9 Å². The molecule has 0 unspecified atom stereocenters. The van der Waals surface area contributed by atoms with Gasteiger partial charge in [0.25, 0.3) is 5.91 Å². The molecule has 1 amide bonds. The largest absolute Gasteiger partial charge is 0.469 e. The summed E-state index contributed by atoms with van der Waals surface area (Å²) in [5.41, 5.74) is 1.79. The van der Waals surface area contributed by atoms with E-state index in [1.807, 2.05) is 24.3 Å². The molecule has 0 aromatic heterocycles. The summed E-state index contributed by atoms with van der Waals surface area (Å²) < 4.78 is 4.56. The van der Waals surface area contributed by atoms with E-state index < -0.39 is 0 Å². The minimum Gasteiger partial charge on any atom is -0.469 e. The van der Waals surface area contributed by atoms with E-state index in [9.17, 15) is 9.59 Å². The van der Waals surface area contributed by atoms with Crippen LogP contribution < -0.4 is 0 Å². The lowest BCUT2D eigenvalue weighted by Crippen LogP contribution is -2.28. The molecule has 1 aromatic carbocycles. The fourth-order valence-corrected chi connectivity index (χ4v) is 1.99. The molecule has 0 spiro atoms. The van der Waals surface area contributed by atoms with Crippen molar-refractivity contribution in [3.63, 3.8) is 0 Å². The molecular weight excluding hydrogens is 310 g/mol. The van der Waals surface area contributed by atoms with Crippen molar-refractivity contribution in [3.8, 4) is 0 Å². The zero-order valence-corrected chi connectivity index (χ0v) is 12.8. The second-order valence-corrected chi connectivity index (χ2v) is 4.80. The van der Waals surface area contributed by atoms with Crippen LogP contribution in [0, 0.1) is 0 Å². The molecule has 1 rings (SSSR count). The Bertz CT molecular complexity index is 431. The maximum atomic E-state index is 12.1. The zero-order chi connectivity index (χ0) is 14.3. The average Bonchev–Trinajstić information content (AvgIpc) is 2.46. The van der Waals surface area contributed by atoms with Gasteiger partial charge in [-0.25, -0.2) is 0 Å². The highest BCUT2D eigenvalue weighted by Crippen LogP contribution is 2.10. The number of hydrogen-bond donors (Lipinski definition) is 0. The number of nitrogens with zero attached hydrogens (tertiary/aromatic N) is 1. The van der Waals surface area contributed by atoms with Crippen LogP contribution in [-0.4, -0.2) is 37.5 Å². The van der Waals surface area contributed by atoms with Crippen molar-refractivity contribution < 1.29 is 14.3 Å².